The lowest BCUT2D eigenvalue weighted by molar-refractivity contribution is 0.174. The van der Waals surface area contributed by atoms with Gasteiger partial charge in [0, 0.05) is 36.1 Å². The van der Waals surface area contributed by atoms with Gasteiger partial charge in [-0.05, 0) is 19.1 Å². The molecule has 1 aliphatic rings. The van der Waals surface area contributed by atoms with Gasteiger partial charge in [-0.2, -0.15) is 0 Å². The first kappa shape index (κ1) is 11.8. The zero-order chi connectivity index (χ0) is 13.2. The van der Waals surface area contributed by atoms with Gasteiger partial charge in [0.05, 0.1) is 0 Å². The Balaban J connectivity index is 1.90. The first-order valence-electron chi connectivity index (χ1n) is 5.99. The standard InChI is InChI=1S/C14H14N2O3/c1-9-4-13(10(6-15)7-16-9)19-11-2-3-12-14(5-11)18-8-17-12/h2-5,7H,6,8,15H2,1H3. The van der Waals surface area contributed by atoms with Crippen molar-refractivity contribution in [2.45, 2.75) is 13.5 Å². The van der Waals surface area contributed by atoms with Gasteiger partial charge in [0.15, 0.2) is 11.5 Å². The molecule has 3 rings (SSSR count). The van der Waals surface area contributed by atoms with Crippen LogP contribution in [0.4, 0.5) is 0 Å². The minimum atomic E-state index is 0.251. The van der Waals surface area contributed by atoms with Gasteiger partial charge in [-0.25, -0.2) is 0 Å². The summed E-state index contributed by atoms with van der Waals surface area (Å²) < 4.78 is 16.4. The van der Waals surface area contributed by atoms with Gasteiger partial charge in [-0.1, -0.05) is 0 Å². The molecule has 0 spiro atoms. The lowest BCUT2D eigenvalue weighted by atomic mass is 10.2. The fraction of sp³-hybridized carbons (Fsp3) is 0.214. The number of nitrogens with two attached hydrogens (primary N) is 1. The summed E-state index contributed by atoms with van der Waals surface area (Å²) in [6.07, 6.45) is 1.73. The Morgan fingerprint density at radius 3 is 2.95 bits per heavy atom. The molecule has 2 aromatic rings. The molecule has 0 saturated carbocycles. The molecule has 0 atom stereocenters. The van der Waals surface area contributed by atoms with Crippen LogP contribution in [-0.2, 0) is 6.54 Å². The maximum atomic E-state index is 5.85. The van der Waals surface area contributed by atoms with Gasteiger partial charge in [0.2, 0.25) is 6.79 Å². The summed E-state index contributed by atoms with van der Waals surface area (Å²) in [5.74, 6) is 2.83. The van der Waals surface area contributed by atoms with E-state index >= 15 is 0 Å². The van der Waals surface area contributed by atoms with Crippen molar-refractivity contribution < 1.29 is 14.2 Å². The van der Waals surface area contributed by atoms with Crippen molar-refractivity contribution in [2.75, 3.05) is 6.79 Å². The number of ether oxygens (including phenoxy) is 3. The van der Waals surface area contributed by atoms with Crippen LogP contribution in [0.3, 0.4) is 0 Å². The Kier molecular flexibility index (Phi) is 2.97. The Labute approximate surface area is 110 Å². The maximum Gasteiger partial charge on any atom is 0.231 e. The van der Waals surface area contributed by atoms with Crippen LogP contribution in [0.5, 0.6) is 23.0 Å². The Morgan fingerprint density at radius 1 is 1.26 bits per heavy atom. The van der Waals surface area contributed by atoms with E-state index in [-0.39, 0.29) is 6.79 Å². The predicted octanol–water partition coefficient (Wildman–Crippen LogP) is 2.37. The third-order valence-electron chi connectivity index (χ3n) is 2.87. The van der Waals surface area contributed by atoms with Crippen LogP contribution in [0.25, 0.3) is 0 Å². The monoisotopic (exact) mass is 258 g/mol. The fourth-order valence-electron chi connectivity index (χ4n) is 1.88. The Hall–Kier alpha value is -2.27. The molecule has 98 valence electrons. The lowest BCUT2D eigenvalue weighted by Gasteiger charge is -2.10. The van der Waals surface area contributed by atoms with Crippen LogP contribution in [0.1, 0.15) is 11.3 Å². The minimum Gasteiger partial charge on any atom is -0.457 e. The molecular weight excluding hydrogens is 244 g/mol. The SMILES string of the molecule is Cc1cc(Oc2ccc3c(c2)OCO3)c(CN)cn1. The maximum absolute atomic E-state index is 5.85. The van der Waals surface area contributed by atoms with Crippen molar-refractivity contribution >= 4 is 0 Å². The average molecular weight is 258 g/mol. The van der Waals surface area contributed by atoms with Crippen molar-refractivity contribution in [3.8, 4) is 23.0 Å². The highest BCUT2D eigenvalue weighted by atomic mass is 16.7. The number of aromatic nitrogens is 1. The quantitative estimate of drug-likeness (QED) is 0.915. The number of hydrogen-bond donors (Lipinski definition) is 1. The van der Waals surface area contributed by atoms with Gasteiger partial charge in [0.25, 0.3) is 0 Å². The molecule has 0 bridgehead atoms. The smallest absolute Gasteiger partial charge is 0.231 e. The van der Waals surface area contributed by atoms with Crippen LogP contribution in [0.15, 0.2) is 30.5 Å². The van der Waals surface area contributed by atoms with Crippen molar-refractivity contribution in [1.29, 1.82) is 0 Å². The van der Waals surface area contributed by atoms with Crippen molar-refractivity contribution in [3.05, 3.63) is 41.7 Å². The predicted molar refractivity (Wildman–Crippen MR) is 69.5 cm³/mol. The fourth-order valence-corrected chi connectivity index (χ4v) is 1.88. The third-order valence-corrected chi connectivity index (χ3v) is 2.87. The topological polar surface area (TPSA) is 66.6 Å². The molecule has 0 aliphatic carbocycles. The van der Waals surface area contributed by atoms with E-state index in [1.54, 1.807) is 12.3 Å². The molecule has 5 nitrogen and oxygen atoms in total. The van der Waals surface area contributed by atoms with Crippen LogP contribution < -0.4 is 19.9 Å². The van der Waals surface area contributed by atoms with E-state index in [1.807, 2.05) is 25.1 Å². The van der Waals surface area contributed by atoms with Crippen molar-refractivity contribution in [3.63, 3.8) is 0 Å². The number of rotatable bonds is 3. The van der Waals surface area contributed by atoms with E-state index in [1.165, 1.54) is 0 Å². The van der Waals surface area contributed by atoms with Crippen LogP contribution in [-0.4, -0.2) is 11.8 Å². The largest absolute Gasteiger partial charge is 0.457 e. The van der Waals surface area contributed by atoms with Crippen LogP contribution in [0, 0.1) is 6.92 Å². The average Bonchev–Trinajstić information content (AvgIpc) is 2.86. The number of fused-ring (bicyclic) bond motifs is 1. The molecule has 0 radical (unpaired) electrons. The summed E-state index contributed by atoms with van der Waals surface area (Å²) in [5.41, 5.74) is 7.43. The summed E-state index contributed by atoms with van der Waals surface area (Å²) in [5, 5.41) is 0. The van der Waals surface area contributed by atoms with Gasteiger partial charge in [0.1, 0.15) is 11.5 Å². The van der Waals surface area contributed by atoms with Gasteiger partial charge in [-0.3, -0.25) is 4.98 Å². The molecular formula is C14H14N2O3. The Morgan fingerprint density at radius 2 is 2.11 bits per heavy atom. The van der Waals surface area contributed by atoms with Crippen LogP contribution in [0.2, 0.25) is 0 Å². The van der Waals surface area contributed by atoms with Gasteiger partial charge < -0.3 is 19.9 Å². The molecule has 0 unspecified atom stereocenters. The second-order valence-corrected chi connectivity index (χ2v) is 4.25. The summed E-state index contributed by atoms with van der Waals surface area (Å²) in [7, 11) is 0. The molecule has 19 heavy (non-hydrogen) atoms. The number of nitrogens with zero attached hydrogens (tertiary/aromatic N) is 1. The van der Waals surface area contributed by atoms with E-state index in [9.17, 15) is 0 Å². The first-order chi connectivity index (χ1) is 9.26. The van der Waals surface area contributed by atoms with E-state index in [4.69, 9.17) is 19.9 Å². The summed E-state index contributed by atoms with van der Waals surface area (Å²) >= 11 is 0. The lowest BCUT2D eigenvalue weighted by Crippen LogP contribution is -2.01. The molecule has 1 aliphatic heterocycles. The third kappa shape index (κ3) is 2.32. The van der Waals surface area contributed by atoms with Crippen molar-refractivity contribution in [1.82, 2.24) is 4.98 Å². The number of hydrogen-bond acceptors (Lipinski definition) is 5. The van der Waals surface area contributed by atoms with E-state index in [0.29, 0.717) is 23.8 Å². The highest BCUT2D eigenvalue weighted by Gasteiger charge is 2.14. The number of aryl methyl sites for hydroxylation is 1. The highest BCUT2D eigenvalue weighted by Crippen LogP contribution is 2.37. The van der Waals surface area contributed by atoms with Crippen LogP contribution >= 0.6 is 0 Å². The van der Waals surface area contributed by atoms with Gasteiger partial charge >= 0.3 is 0 Å². The van der Waals surface area contributed by atoms with Crippen molar-refractivity contribution in [2.24, 2.45) is 5.73 Å². The molecule has 2 heterocycles. The second-order valence-electron chi connectivity index (χ2n) is 4.25. The molecule has 1 aromatic carbocycles. The molecule has 5 heteroatoms. The first-order valence-corrected chi connectivity index (χ1v) is 5.99. The molecule has 0 saturated heterocycles. The summed E-state index contributed by atoms with van der Waals surface area (Å²) in [4.78, 5) is 4.21. The molecule has 2 N–H and O–H groups in total. The zero-order valence-corrected chi connectivity index (χ0v) is 10.6. The summed E-state index contributed by atoms with van der Waals surface area (Å²) in [6, 6.07) is 7.34. The Bertz CT molecular complexity index is 614. The molecule has 0 fully saturated rings. The van der Waals surface area contributed by atoms with E-state index in [2.05, 4.69) is 4.98 Å². The summed E-state index contributed by atoms with van der Waals surface area (Å²) in [6.45, 7) is 2.54. The van der Waals surface area contributed by atoms with E-state index in [0.717, 1.165) is 17.0 Å². The number of benzene rings is 1. The minimum absolute atomic E-state index is 0.251. The molecule has 1 aromatic heterocycles. The number of pyridine rings is 1. The van der Waals surface area contributed by atoms with E-state index < -0.39 is 0 Å². The van der Waals surface area contributed by atoms with Gasteiger partial charge in [-0.15, -0.1) is 0 Å². The zero-order valence-electron chi connectivity index (χ0n) is 10.6. The molecule has 0 amide bonds. The highest BCUT2D eigenvalue weighted by molar-refractivity contribution is 5.48. The normalized spacial score (nSPS) is 12.5. The second kappa shape index (κ2) is 4.78.